The Morgan fingerprint density at radius 1 is 1.27 bits per heavy atom. The minimum Gasteiger partial charge on any atom is -0.445 e. The Bertz CT molecular complexity index is 989. The second-order valence-electron chi connectivity index (χ2n) is 7.53. The number of carbonyl (C=O) groups is 1. The van der Waals surface area contributed by atoms with Gasteiger partial charge in [-0.1, -0.05) is 35.9 Å². The van der Waals surface area contributed by atoms with E-state index in [1.807, 2.05) is 43.3 Å². The summed E-state index contributed by atoms with van der Waals surface area (Å²) in [4.78, 5) is 17.6. The Labute approximate surface area is 172 Å². The number of rotatable bonds is 5. The van der Waals surface area contributed by atoms with Crippen LogP contribution in [0.1, 0.15) is 17.5 Å². The van der Waals surface area contributed by atoms with Crippen LogP contribution in [0.2, 0.25) is 0 Å². The summed E-state index contributed by atoms with van der Waals surface area (Å²) in [5, 5.41) is 7.11. The van der Waals surface area contributed by atoms with Gasteiger partial charge in [0.15, 0.2) is 5.65 Å². The summed E-state index contributed by atoms with van der Waals surface area (Å²) in [6.45, 7) is 1.60. The third-order valence-electron chi connectivity index (χ3n) is 5.24. The van der Waals surface area contributed by atoms with Crippen LogP contribution < -0.4 is 5.32 Å². The van der Waals surface area contributed by atoms with Gasteiger partial charge in [-0.2, -0.15) is 4.98 Å². The predicted octanol–water partition coefficient (Wildman–Crippen LogP) is 3.74. The largest absolute Gasteiger partial charge is 0.445 e. The number of aryl methyl sites for hydroxylation is 1. The smallest absolute Gasteiger partial charge is 0.410 e. The second kappa shape index (κ2) is 8.25. The molecule has 0 saturated carbocycles. The average Bonchev–Trinajstić information content (AvgIpc) is 3.14. The zero-order valence-corrected chi connectivity index (χ0v) is 16.6. The fourth-order valence-corrected chi connectivity index (χ4v) is 3.43. The fraction of sp³-hybridized carbons (Fsp3) is 0.381. The summed E-state index contributed by atoms with van der Waals surface area (Å²) >= 11 is 0. The number of amides is 1. The van der Waals surface area contributed by atoms with Gasteiger partial charge >= 0.3 is 6.09 Å². The lowest BCUT2D eigenvalue weighted by atomic mass is 9.93. The van der Waals surface area contributed by atoms with Crippen molar-refractivity contribution < 1.29 is 18.3 Å². The normalized spacial score (nSPS) is 18.4. The van der Waals surface area contributed by atoms with Crippen LogP contribution in [-0.2, 0) is 11.3 Å². The van der Waals surface area contributed by atoms with E-state index in [1.54, 1.807) is 16.8 Å². The number of hydrogen-bond acceptors (Lipinski definition) is 5. The van der Waals surface area contributed by atoms with Gasteiger partial charge in [0, 0.05) is 25.2 Å². The monoisotopic (exact) mass is 415 g/mol. The molecule has 1 aliphatic rings. The molecule has 1 atom stereocenters. The number of fused-ring (bicyclic) bond motifs is 1. The number of nitrogens with zero attached hydrogens (tertiary/aromatic N) is 4. The molecule has 0 unspecified atom stereocenters. The zero-order valence-electron chi connectivity index (χ0n) is 16.6. The number of piperidine rings is 1. The van der Waals surface area contributed by atoms with Crippen molar-refractivity contribution in [2.75, 3.05) is 25.0 Å². The highest BCUT2D eigenvalue weighted by atomic mass is 19.3. The highest BCUT2D eigenvalue weighted by molar-refractivity contribution is 5.68. The van der Waals surface area contributed by atoms with Crippen LogP contribution in [-0.4, -0.2) is 51.1 Å². The standard InChI is InChI=1S/C21H23F2N5O2/c1-15-5-7-16(8-6-15)13-30-20(29)27-11-9-17(21(22,23)14-27)12-24-19-25-18-4-2-3-10-28(18)26-19/h2-8,10,17H,9,11-14H2,1H3,(H,24,26)/t17-/m1/s1. The second-order valence-corrected chi connectivity index (χ2v) is 7.53. The Morgan fingerprint density at radius 2 is 2.07 bits per heavy atom. The SMILES string of the molecule is Cc1ccc(COC(=O)N2CC[C@H](CNc3nc4ccccn4n3)C(F)(F)C2)cc1. The lowest BCUT2D eigenvalue weighted by Crippen LogP contribution is -2.52. The lowest BCUT2D eigenvalue weighted by molar-refractivity contribution is -0.102. The molecule has 9 heteroatoms. The Kier molecular flexibility index (Phi) is 5.52. The Hall–Kier alpha value is -3.23. The Balaban J connectivity index is 1.30. The maximum Gasteiger partial charge on any atom is 0.410 e. The van der Waals surface area contributed by atoms with Crippen LogP contribution >= 0.6 is 0 Å². The molecule has 1 saturated heterocycles. The number of benzene rings is 1. The highest BCUT2D eigenvalue weighted by Gasteiger charge is 2.46. The maximum atomic E-state index is 14.7. The van der Waals surface area contributed by atoms with Crippen LogP contribution in [0.3, 0.4) is 0 Å². The molecule has 1 aliphatic heterocycles. The Morgan fingerprint density at radius 3 is 2.80 bits per heavy atom. The van der Waals surface area contributed by atoms with Gasteiger partial charge in [-0.3, -0.25) is 0 Å². The molecular weight excluding hydrogens is 392 g/mol. The van der Waals surface area contributed by atoms with Crippen molar-refractivity contribution in [3.63, 3.8) is 0 Å². The van der Waals surface area contributed by atoms with Crippen molar-refractivity contribution in [2.45, 2.75) is 25.9 Å². The lowest BCUT2D eigenvalue weighted by Gasteiger charge is -2.37. The van der Waals surface area contributed by atoms with Gasteiger partial charge in [-0.05, 0) is 31.0 Å². The van der Waals surface area contributed by atoms with E-state index < -0.39 is 24.5 Å². The van der Waals surface area contributed by atoms with Crippen LogP contribution in [0.4, 0.5) is 19.5 Å². The number of pyridine rings is 1. The van der Waals surface area contributed by atoms with Gasteiger partial charge in [0.25, 0.3) is 5.92 Å². The summed E-state index contributed by atoms with van der Waals surface area (Å²) in [5.41, 5.74) is 2.55. The third kappa shape index (κ3) is 4.50. The first kappa shape index (κ1) is 20.1. The van der Waals surface area contributed by atoms with E-state index in [9.17, 15) is 13.6 Å². The molecule has 1 N–H and O–H groups in total. The first-order chi connectivity index (χ1) is 14.4. The minimum atomic E-state index is -3.03. The molecule has 7 nitrogen and oxygen atoms in total. The van der Waals surface area contributed by atoms with Crippen molar-refractivity contribution in [1.29, 1.82) is 0 Å². The van der Waals surface area contributed by atoms with Crippen LogP contribution in [0.25, 0.3) is 5.65 Å². The van der Waals surface area contributed by atoms with Gasteiger partial charge in [-0.15, -0.1) is 5.10 Å². The number of likely N-dealkylation sites (tertiary alicyclic amines) is 1. The number of alkyl halides is 2. The van der Waals surface area contributed by atoms with Gasteiger partial charge in [0.1, 0.15) is 6.61 Å². The predicted molar refractivity (Wildman–Crippen MR) is 107 cm³/mol. The van der Waals surface area contributed by atoms with Crippen molar-refractivity contribution in [2.24, 2.45) is 5.92 Å². The number of hydrogen-bond donors (Lipinski definition) is 1. The van der Waals surface area contributed by atoms with Crippen molar-refractivity contribution in [3.8, 4) is 0 Å². The molecule has 0 bridgehead atoms. The number of ether oxygens (including phenoxy) is 1. The van der Waals surface area contributed by atoms with Gasteiger partial charge in [0.05, 0.1) is 6.54 Å². The summed E-state index contributed by atoms with van der Waals surface area (Å²) in [7, 11) is 0. The summed E-state index contributed by atoms with van der Waals surface area (Å²) in [5.74, 6) is -3.66. The van der Waals surface area contributed by atoms with Crippen LogP contribution in [0, 0.1) is 12.8 Å². The molecule has 158 valence electrons. The fourth-order valence-electron chi connectivity index (χ4n) is 3.43. The van der Waals surface area contributed by atoms with Crippen molar-refractivity contribution in [1.82, 2.24) is 19.5 Å². The van der Waals surface area contributed by atoms with Gasteiger partial charge < -0.3 is 15.0 Å². The molecule has 2 aromatic heterocycles. The molecule has 0 aliphatic carbocycles. The average molecular weight is 415 g/mol. The molecule has 1 fully saturated rings. The van der Waals surface area contributed by atoms with E-state index in [2.05, 4.69) is 15.4 Å². The molecule has 3 aromatic rings. The molecule has 30 heavy (non-hydrogen) atoms. The molecule has 3 heterocycles. The summed E-state index contributed by atoms with van der Waals surface area (Å²) in [6.07, 6.45) is 1.18. The summed E-state index contributed by atoms with van der Waals surface area (Å²) in [6, 6.07) is 12.9. The topological polar surface area (TPSA) is 71.8 Å². The number of anilines is 1. The van der Waals surface area contributed by atoms with E-state index in [-0.39, 0.29) is 26.1 Å². The van der Waals surface area contributed by atoms with Crippen molar-refractivity contribution in [3.05, 3.63) is 59.8 Å². The molecule has 0 spiro atoms. The number of aromatic nitrogens is 3. The number of nitrogens with one attached hydrogen (secondary N) is 1. The highest BCUT2D eigenvalue weighted by Crippen LogP contribution is 2.33. The number of halogens is 2. The number of carbonyl (C=O) groups excluding carboxylic acids is 1. The van der Waals surface area contributed by atoms with Crippen molar-refractivity contribution >= 4 is 17.7 Å². The van der Waals surface area contributed by atoms with E-state index >= 15 is 0 Å². The maximum absolute atomic E-state index is 14.7. The van der Waals surface area contributed by atoms with Gasteiger partial charge in [0.2, 0.25) is 5.95 Å². The third-order valence-corrected chi connectivity index (χ3v) is 5.24. The quantitative estimate of drug-likeness (QED) is 0.687. The van der Waals surface area contributed by atoms with E-state index in [1.165, 1.54) is 0 Å². The molecule has 1 amide bonds. The molecule has 4 rings (SSSR count). The van der Waals surface area contributed by atoms with E-state index in [4.69, 9.17) is 4.74 Å². The first-order valence-electron chi connectivity index (χ1n) is 9.81. The zero-order chi connectivity index (χ0) is 21.1. The van der Waals surface area contributed by atoms with E-state index in [0.717, 1.165) is 16.0 Å². The molecule has 0 radical (unpaired) electrons. The summed E-state index contributed by atoms with van der Waals surface area (Å²) < 4.78 is 36.1. The molecule has 1 aromatic carbocycles. The van der Waals surface area contributed by atoms with E-state index in [0.29, 0.717) is 11.6 Å². The molecular formula is C21H23F2N5O2. The first-order valence-corrected chi connectivity index (χ1v) is 9.81. The van der Waals surface area contributed by atoms with Crippen LogP contribution in [0.5, 0.6) is 0 Å². The van der Waals surface area contributed by atoms with Gasteiger partial charge in [-0.25, -0.2) is 18.1 Å². The van der Waals surface area contributed by atoms with Crippen LogP contribution in [0.15, 0.2) is 48.7 Å². The minimum absolute atomic E-state index is 0.0239.